The Morgan fingerprint density at radius 2 is 0.922 bits per heavy atom. The molecular weight excluding hydrogens is 807 g/mol. The van der Waals surface area contributed by atoms with Gasteiger partial charge < -0.3 is 45.4 Å². The van der Waals surface area contributed by atoms with Crippen molar-refractivity contribution in [2.75, 3.05) is 13.2 Å². The maximum atomic E-state index is 13.1. The van der Waals surface area contributed by atoms with Crippen molar-refractivity contribution in [3.8, 4) is 0 Å². The number of aliphatic hydroxyl groups is 6. The Balaban J connectivity index is 2.34. The van der Waals surface area contributed by atoms with Crippen molar-refractivity contribution >= 4 is 5.91 Å². The van der Waals surface area contributed by atoms with E-state index in [0.717, 1.165) is 38.5 Å². The number of carbonyl (C=O) groups excluding carboxylic acids is 1. The van der Waals surface area contributed by atoms with Crippen molar-refractivity contribution in [3.05, 3.63) is 36.5 Å². The van der Waals surface area contributed by atoms with E-state index in [-0.39, 0.29) is 6.61 Å². The van der Waals surface area contributed by atoms with Crippen molar-refractivity contribution in [3.63, 3.8) is 0 Å². The smallest absolute Gasteiger partial charge is 0.249 e. The van der Waals surface area contributed by atoms with E-state index in [0.29, 0.717) is 19.3 Å². The molecule has 1 rings (SSSR count). The van der Waals surface area contributed by atoms with Gasteiger partial charge in [-0.05, 0) is 57.8 Å². The van der Waals surface area contributed by atoms with Crippen LogP contribution in [0, 0.1) is 0 Å². The van der Waals surface area contributed by atoms with E-state index in [1.807, 2.05) is 6.08 Å². The molecule has 8 unspecified atom stereocenters. The summed E-state index contributed by atoms with van der Waals surface area (Å²) in [5, 5.41) is 64.9. The molecule has 1 aliphatic rings. The van der Waals surface area contributed by atoms with Crippen molar-refractivity contribution < 1.29 is 44.9 Å². The fourth-order valence-corrected chi connectivity index (χ4v) is 8.41. The molecule has 376 valence electrons. The number of amides is 1. The maximum absolute atomic E-state index is 13.1. The van der Waals surface area contributed by atoms with Gasteiger partial charge in [0.2, 0.25) is 5.91 Å². The number of ether oxygens (including phenoxy) is 2. The Labute approximate surface area is 392 Å². The second-order valence-electron chi connectivity index (χ2n) is 18.8. The lowest BCUT2D eigenvalue weighted by Gasteiger charge is -2.40. The SMILES string of the molecule is CCCCCCCCCCCCC/C=C/CC/C=C/C(O)C(COC1OC(CO)C(O)C(O)C1O)NC(=O)C(O)CCCCCCCC/C=C\CCCCCCCCCCCCCC. The van der Waals surface area contributed by atoms with Gasteiger partial charge in [0.15, 0.2) is 6.29 Å². The molecule has 1 fully saturated rings. The minimum atomic E-state index is -1.62. The van der Waals surface area contributed by atoms with Crippen molar-refractivity contribution in [2.24, 2.45) is 0 Å². The van der Waals surface area contributed by atoms with Crippen LogP contribution in [-0.2, 0) is 14.3 Å². The van der Waals surface area contributed by atoms with Crippen LogP contribution in [0.3, 0.4) is 0 Å². The molecule has 1 heterocycles. The van der Waals surface area contributed by atoms with Gasteiger partial charge in [-0.15, -0.1) is 0 Å². The Bertz CT molecular complexity index is 1120. The number of unbranched alkanes of at least 4 members (excludes halogenated alkanes) is 30. The minimum absolute atomic E-state index is 0.297. The van der Waals surface area contributed by atoms with Gasteiger partial charge in [0.1, 0.15) is 30.5 Å². The fraction of sp³-hybridized carbons (Fsp3) is 0.870. The van der Waals surface area contributed by atoms with Crippen LogP contribution in [0.15, 0.2) is 36.5 Å². The summed E-state index contributed by atoms with van der Waals surface area (Å²) in [7, 11) is 0. The molecule has 0 aromatic rings. The average molecular weight is 908 g/mol. The Kier molecular flexibility index (Phi) is 41.4. The Morgan fingerprint density at radius 3 is 1.36 bits per heavy atom. The molecule has 0 saturated carbocycles. The van der Waals surface area contributed by atoms with Gasteiger partial charge in [-0.2, -0.15) is 0 Å². The molecule has 1 amide bonds. The second-order valence-corrected chi connectivity index (χ2v) is 18.8. The molecule has 10 heteroatoms. The highest BCUT2D eigenvalue weighted by Gasteiger charge is 2.44. The monoisotopic (exact) mass is 908 g/mol. The van der Waals surface area contributed by atoms with Crippen LogP contribution in [0.4, 0.5) is 0 Å². The molecule has 0 aliphatic carbocycles. The number of rotatable bonds is 45. The molecular formula is C54H101NO9. The largest absolute Gasteiger partial charge is 0.394 e. The normalized spacial score (nSPS) is 20.8. The lowest BCUT2D eigenvalue weighted by atomic mass is 9.99. The van der Waals surface area contributed by atoms with Crippen molar-refractivity contribution in [1.82, 2.24) is 5.32 Å². The summed E-state index contributed by atoms with van der Waals surface area (Å²) in [6, 6.07) is -0.999. The summed E-state index contributed by atoms with van der Waals surface area (Å²) in [4.78, 5) is 13.1. The van der Waals surface area contributed by atoms with Crippen LogP contribution < -0.4 is 5.32 Å². The lowest BCUT2D eigenvalue weighted by Crippen LogP contribution is -2.60. The maximum Gasteiger partial charge on any atom is 0.249 e. The molecule has 7 N–H and O–H groups in total. The van der Waals surface area contributed by atoms with Crippen LogP contribution in [-0.4, -0.2) is 98.7 Å². The molecule has 1 aliphatic heterocycles. The van der Waals surface area contributed by atoms with E-state index in [1.165, 1.54) is 167 Å². The highest BCUT2D eigenvalue weighted by Crippen LogP contribution is 2.23. The summed E-state index contributed by atoms with van der Waals surface area (Å²) in [5.74, 6) is -0.629. The van der Waals surface area contributed by atoms with Gasteiger partial charge in [0.25, 0.3) is 0 Å². The molecule has 64 heavy (non-hydrogen) atoms. The highest BCUT2D eigenvalue weighted by molar-refractivity contribution is 5.80. The number of hydrogen-bond donors (Lipinski definition) is 7. The van der Waals surface area contributed by atoms with Crippen LogP contribution in [0.5, 0.6) is 0 Å². The summed E-state index contributed by atoms with van der Waals surface area (Å²) in [6.07, 6.45) is 45.2. The lowest BCUT2D eigenvalue weighted by molar-refractivity contribution is -0.302. The molecule has 0 aromatic carbocycles. The minimum Gasteiger partial charge on any atom is -0.394 e. The molecule has 0 bridgehead atoms. The molecule has 8 atom stereocenters. The quantitative estimate of drug-likeness (QED) is 0.0232. The van der Waals surface area contributed by atoms with Crippen molar-refractivity contribution in [1.29, 1.82) is 0 Å². The van der Waals surface area contributed by atoms with Crippen molar-refractivity contribution in [2.45, 2.75) is 288 Å². The standard InChI is InChI=1S/C54H101NO9/c1-3-5-7-9-11-13-15-17-19-21-22-23-24-25-27-29-31-33-35-37-39-41-43-48(58)53(62)55-46(45-63-54-52(61)51(60)50(59)49(44-56)64-54)47(57)42-40-38-36-34-32-30-28-26-20-18-16-14-12-10-8-6-4-2/h25,27,32,34,40,42,46-52,54,56-61H,3-24,26,28-31,33,35-39,41,43-45H2,1-2H3,(H,55,62)/b27-25-,34-32+,42-40+. The third-order valence-corrected chi connectivity index (χ3v) is 12.8. The molecule has 0 radical (unpaired) electrons. The zero-order valence-electron chi connectivity index (χ0n) is 41.2. The van der Waals surface area contributed by atoms with Crippen LogP contribution in [0.2, 0.25) is 0 Å². The number of allylic oxidation sites excluding steroid dienone is 5. The second kappa shape index (κ2) is 43.9. The topological polar surface area (TPSA) is 169 Å². The van der Waals surface area contributed by atoms with E-state index < -0.39 is 61.5 Å². The highest BCUT2D eigenvalue weighted by atomic mass is 16.7. The van der Waals surface area contributed by atoms with Gasteiger partial charge in [0, 0.05) is 0 Å². The summed E-state index contributed by atoms with van der Waals surface area (Å²) in [6.45, 7) is 3.61. The number of carbonyl (C=O) groups is 1. The van der Waals surface area contributed by atoms with E-state index in [9.17, 15) is 35.4 Å². The predicted molar refractivity (Wildman–Crippen MR) is 264 cm³/mol. The molecule has 0 aromatic heterocycles. The van der Waals surface area contributed by atoms with Gasteiger partial charge in [-0.1, -0.05) is 217 Å². The first-order valence-corrected chi connectivity index (χ1v) is 26.8. The molecule has 0 spiro atoms. The van der Waals surface area contributed by atoms with E-state index in [1.54, 1.807) is 6.08 Å². The van der Waals surface area contributed by atoms with Crippen LogP contribution in [0.1, 0.15) is 239 Å². The Morgan fingerprint density at radius 1 is 0.531 bits per heavy atom. The van der Waals surface area contributed by atoms with E-state index >= 15 is 0 Å². The van der Waals surface area contributed by atoms with Crippen LogP contribution in [0.25, 0.3) is 0 Å². The first-order valence-electron chi connectivity index (χ1n) is 26.8. The first-order chi connectivity index (χ1) is 31.3. The zero-order chi connectivity index (χ0) is 46.7. The summed E-state index contributed by atoms with van der Waals surface area (Å²) in [5.41, 5.74) is 0. The van der Waals surface area contributed by atoms with E-state index in [4.69, 9.17) is 9.47 Å². The summed E-state index contributed by atoms with van der Waals surface area (Å²) >= 11 is 0. The van der Waals surface area contributed by atoms with Gasteiger partial charge in [-0.3, -0.25) is 4.79 Å². The van der Waals surface area contributed by atoms with Gasteiger partial charge in [0.05, 0.1) is 25.4 Å². The fourth-order valence-electron chi connectivity index (χ4n) is 8.41. The molecule has 1 saturated heterocycles. The predicted octanol–water partition coefficient (Wildman–Crippen LogP) is 11.4. The summed E-state index contributed by atoms with van der Waals surface area (Å²) < 4.78 is 11.2. The Hall–Kier alpha value is -1.63. The van der Waals surface area contributed by atoms with Gasteiger partial charge in [-0.25, -0.2) is 0 Å². The van der Waals surface area contributed by atoms with Gasteiger partial charge >= 0.3 is 0 Å². The van der Waals surface area contributed by atoms with E-state index in [2.05, 4.69) is 43.5 Å². The molecule has 10 nitrogen and oxygen atoms in total. The van der Waals surface area contributed by atoms with Crippen LogP contribution >= 0.6 is 0 Å². The zero-order valence-corrected chi connectivity index (χ0v) is 41.2. The first kappa shape index (κ1) is 60.4. The third-order valence-electron chi connectivity index (χ3n) is 12.8. The average Bonchev–Trinajstić information content (AvgIpc) is 3.29. The third kappa shape index (κ3) is 32.9. The number of aliphatic hydroxyl groups excluding tert-OH is 6. The number of hydrogen-bond acceptors (Lipinski definition) is 9. The number of nitrogens with one attached hydrogen (secondary N) is 1.